The predicted octanol–water partition coefficient (Wildman–Crippen LogP) is 4.05. The van der Waals surface area contributed by atoms with Crippen LogP contribution in [0.2, 0.25) is 5.02 Å². The molecule has 4 nitrogen and oxygen atoms in total. The van der Waals surface area contributed by atoms with Gasteiger partial charge in [-0.2, -0.15) is 0 Å². The summed E-state index contributed by atoms with van der Waals surface area (Å²) in [6.45, 7) is 2.30. The number of aromatic nitrogens is 1. The van der Waals surface area contributed by atoms with Crippen molar-refractivity contribution in [2.24, 2.45) is 0 Å². The third kappa shape index (κ3) is 3.39. The van der Waals surface area contributed by atoms with Gasteiger partial charge in [-0.15, -0.1) is 0 Å². The standard InChI is InChI=1S/C16H19ClN4/c17-15-10-12(18)11-19-16(15)20-13-4-6-14(7-5-13)21-8-2-1-3-9-21/h4-7,10-11H,1-3,8-9,18H2,(H,19,20). The Bertz CT molecular complexity index is 606. The summed E-state index contributed by atoms with van der Waals surface area (Å²) in [7, 11) is 0. The fraction of sp³-hybridized carbons (Fsp3) is 0.312. The molecule has 1 aromatic carbocycles. The molecule has 0 amide bonds. The summed E-state index contributed by atoms with van der Waals surface area (Å²) in [6, 6.07) is 10.1. The van der Waals surface area contributed by atoms with Gasteiger partial charge in [-0.25, -0.2) is 4.98 Å². The molecule has 2 heterocycles. The van der Waals surface area contributed by atoms with Crippen LogP contribution in [0.1, 0.15) is 19.3 Å². The molecular formula is C16H19ClN4. The first-order chi connectivity index (χ1) is 10.2. The van der Waals surface area contributed by atoms with Crippen molar-refractivity contribution >= 4 is 34.5 Å². The Morgan fingerprint density at radius 2 is 1.81 bits per heavy atom. The van der Waals surface area contributed by atoms with E-state index in [4.69, 9.17) is 17.3 Å². The topological polar surface area (TPSA) is 54.2 Å². The number of piperidine rings is 1. The molecule has 3 N–H and O–H groups in total. The summed E-state index contributed by atoms with van der Waals surface area (Å²) in [5.41, 5.74) is 8.45. The van der Waals surface area contributed by atoms with E-state index in [9.17, 15) is 0 Å². The number of rotatable bonds is 3. The summed E-state index contributed by atoms with van der Waals surface area (Å²) in [6.07, 6.45) is 5.50. The van der Waals surface area contributed by atoms with Crippen molar-refractivity contribution in [2.45, 2.75) is 19.3 Å². The quantitative estimate of drug-likeness (QED) is 0.898. The molecule has 1 aromatic heterocycles. The normalized spacial score (nSPS) is 15.0. The van der Waals surface area contributed by atoms with Crippen LogP contribution in [0, 0.1) is 0 Å². The number of halogens is 1. The van der Waals surface area contributed by atoms with Crippen molar-refractivity contribution in [1.82, 2.24) is 4.98 Å². The molecule has 0 saturated carbocycles. The van der Waals surface area contributed by atoms with E-state index < -0.39 is 0 Å². The van der Waals surface area contributed by atoms with E-state index in [0.717, 1.165) is 18.8 Å². The Kier molecular flexibility index (Phi) is 4.15. The average molecular weight is 303 g/mol. The van der Waals surface area contributed by atoms with Gasteiger partial charge in [-0.1, -0.05) is 11.6 Å². The highest BCUT2D eigenvalue weighted by Gasteiger charge is 2.10. The summed E-state index contributed by atoms with van der Waals surface area (Å²) >= 11 is 6.12. The highest BCUT2D eigenvalue weighted by molar-refractivity contribution is 6.33. The maximum Gasteiger partial charge on any atom is 0.149 e. The van der Waals surface area contributed by atoms with Crippen LogP contribution in [0.5, 0.6) is 0 Å². The van der Waals surface area contributed by atoms with Crippen molar-refractivity contribution in [3.05, 3.63) is 41.6 Å². The zero-order chi connectivity index (χ0) is 14.7. The van der Waals surface area contributed by atoms with E-state index in [1.807, 2.05) is 0 Å². The molecule has 2 aromatic rings. The number of anilines is 4. The molecule has 5 heteroatoms. The lowest BCUT2D eigenvalue weighted by atomic mass is 10.1. The molecule has 0 spiro atoms. The van der Waals surface area contributed by atoms with Gasteiger partial charge in [-0.05, 0) is 49.6 Å². The van der Waals surface area contributed by atoms with Gasteiger partial charge in [0.2, 0.25) is 0 Å². The molecule has 1 fully saturated rings. The second-order valence-corrected chi connectivity index (χ2v) is 5.73. The SMILES string of the molecule is Nc1cnc(Nc2ccc(N3CCCCC3)cc2)c(Cl)c1. The maximum atomic E-state index is 6.12. The molecule has 1 saturated heterocycles. The van der Waals surface area contributed by atoms with E-state index >= 15 is 0 Å². The highest BCUT2D eigenvalue weighted by atomic mass is 35.5. The van der Waals surface area contributed by atoms with E-state index in [2.05, 4.69) is 39.5 Å². The van der Waals surface area contributed by atoms with E-state index in [1.165, 1.54) is 24.9 Å². The Hall–Kier alpha value is -1.94. The number of hydrogen-bond acceptors (Lipinski definition) is 4. The number of hydrogen-bond donors (Lipinski definition) is 2. The van der Waals surface area contributed by atoms with Gasteiger partial charge >= 0.3 is 0 Å². The van der Waals surface area contributed by atoms with Gasteiger partial charge in [0.05, 0.1) is 16.9 Å². The summed E-state index contributed by atoms with van der Waals surface area (Å²) in [5, 5.41) is 3.74. The molecule has 0 radical (unpaired) electrons. The Morgan fingerprint density at radius 1 is 1.10 bits per heavy atom. The number of pyridine rings is 1. The zero-order valence-corrected chi connectivity index (χ0v) is 12.6. The number of nitrogen functional groups attached to an aromatic ring is 1. The van der Waals surface area contributed by atoms with E-state index in [-0.39, 0.29) is 0 Å². The van der Waals surface area contributed by atoms with Crippen molar-refractivity contribution in [1.29, 1.82) is 0 Å². The second kappa shape index (κ2) is 6.22. The number of nitrogens with zero attached hydrogens (tertiary/aromatic N) is 2. The van der Waals surface area contributed by atoms with Gasteiger partial charge in [0.1, 0.15) is 5.82 Å². The van der Waals surface area contributed by atoms with Crippen LogP contribution in [0.25, 0.3) is 0 Å². The minimum atomic E-state index is 0.523. The van der Waals surface area contributed by atoms with Crippen molar-refractivity contribution in [3.63, 3.8) is 0 Å². The monoisotopic (exact) mass is 302 g/mol. The zero-order valence-electron chi connectivity index (χ0n) is 11.8. The van der Waals surface area contributed by atoms with Gasteiger partial charge in [-0.3, -0.25) is 0 Å². The smallest absolute Gasteiger partial charge is 0.149 e. The second-order valence-electron chi connectivity index (χ2n) is 5.32. The molecule has 1 aliphatic rings. The minimum absolute atomic E-state index is 0.523. The average Bonchev–Trinajstić information content (AvgIpc) is 2.52. The van der Waals surface area contributed by atoms with E-state index in [1.54, 1.807) is 12.3 Å². The molecule has 1 aliphatic heterocycles. The lowest BCUT2D eigenvalue weighted by molar-refractivity contribution is 0.578. The summed E-state index contributed by atoms with van der Waals surface area (Å²) in [5.74, 6) is 0.622. The molecule has 0 aliphatic carbocycles. The van der Waals surface area contributed by atoms with Crippen LogP contribution in [-0.4, -0.2) is 18.1 Å². The summed E-state index contributed by atoms with van der Waals surface area (Å²) in [4.78, 5) is 6.64. The lowest BCUT2D eigenvalue weighted by Gasteiger charge is -2.28. The van der Waals surface area contributed by atoms with E-state index in [0.29, 0.717) is 16.5 Å². The Morgan fingerprint density at radius 3 is 2.48 bits per heavy atom. The first-order valence-corrected chi connectivity index (χ1v) is 7.63. The van der Waals surface area contributed by atoms with Crippen LogP contribution in [0.15, 0.2) is 36.5 Å². The fourth-order valence-corrected chi connectivity index (χ4v) is 2.81. The van der Waals surface area contributed by atoms with Crippen molar-refractivity contribution in [3.8, 4) is 0 Å². The van der Waals surface area contributed by atoms with Crippen LogP contribution in [-0.2, 0) is 0 Å². The molecule has 21 heavy (non-hydrogen) atoms. The first-order valence-electron chi connectivity index (χ1n) is 7.25. The Balaban J connectivity index is 1.71. The highest BCUT2D eigenvalue weighted by Crippen LogP contribution is 2.27. The maximum absolute atomic E-state index is 6.12. The van der Waals surface area contributed by atoms with Crippen LogP contribution < -0.4 is 16.0 Å². The largest absolute Gasteiger partial charge is 0.397 e. The number of nitrogens with one attached hydrogen (secondary N) is 1. The van der Waals surface area contributed by atoms with Crippen LogP contribution in [0.4, 0.5) is 22.9 Å². The molecule has 3 rings (SSSR count). The van der Waals surface area contributed by atoms with Gasteiger partial charge in [0.15, 0.2) is 0 Å². The third-order valence-electron chi connectivity index (χ3n) is 3.71. The van der Waals surface area contributed by atoms with Crippen molar-refractivity contribution in [2.75, 3.05) is 29.0 Å². The number of benzene rings is 1. The molecule has 110 valence electrons. The van der Waals surface area contributed by atoms with Gasteiger partial charge in [0.25, 0.3) is 0 Å². The predicted molar refractivity (Wildman–Crippen MR) is 89.4 cm³/mol. The first kappa shape index (κ1) is 14.0. The molecular weight excluding hydrogens is 284 g/mol. The van der Waals surface area contributed by atoms with Crippen LogP contribution >= 0.6 is 11.6 Å². The Labute approximate surface area is 129 Å². The van der Waals surface area contributed by atoms with Gasteiger partial charge < -0.3 is 16.0 Å². The number of nitrogens with two attached hydrogens (primary N) is 1. The lowest BCUT2D eigenvalue weighted by Crippen LogP contribution is -2.29. The van der Waals surface area contributed by atoms with Gasteiger partial charge in [0, 0.05) is 24.5 Å². The molecule has 0 atom stereocenters. The van der Waals surface area contributed by atoms with Crippen molar-refractivity contribution < 1.29 is 0 Å². The molecule has 0 bridgehead atoms. The fourth-order valence-electron chi connectivity index (χ4n) is 2.59. The van der Waals surface area contributed by atoms with Crippen LogP contribution in [0.3, 0.4) is 0 Å². The summed E-state index contributed by atoms with van der Waals surface area (Å²) < 4.78 is 0. The minimum Gasteiger partial charge on any atom is -0.397 e. The molecule has 0 unspecified atom stereocenters. The third-order valence-corrected chi connectivity index (χ3v) is 4.00.